The highest BCUT2D eigenvalue weighted by atomic mass is 35.5. The van der Waals surface area contributed by atoms with Crippen LogP contribution in [0.2, 0.25) is 0 Å². The topological polar surface area (TPSA) is 9.23 Å². The van der Waals surface area contributed by atoms with Crippen molar-refractivity contribution in [3.8, 4) is 5.75 Å². The fourth-order valence-corrected chi connectivity index (χ4v) is 1.77. The van der Waals surface area contributed by atoms with Gasteiger partial charge in [-0.25, -0.2) is 17.6 Å². The van der Waals surface area contributed by atoms with E-state index in [0.29, 0.717) is 6.07 Å². The lowest BCUT2D eigenvalue weighted by atomic mass is 10.2. The van der Waals surface area contributed by atoms with E-state index in [1.54, 1.807) is 0 Å². The van der Waals surface area contributed by atoms with Crippen molar-refractivity contribution in [1.82, 2.24) is 0 Å². The van der Waals surface area contributed by atoms with E-state index >= 15 is 0 Å². The molecule has 6 heteroatoms. The molecule has 0 aliphatic rings. The quantitative estimate of drug-likeness (QED) is 0.594. The molecule has 0 aliphatic heterocycles. The summed E-state index contributed by atoms with van der Waals surface area (Å²) in [6.45, 7) is -0.416. The fourth-order valence-electron chi connectivity index (χ4n) is 1.62. The number of benzene rings is 2. The molecule has 0 saturated heterocycles. The molecule has 0 aromatic heterocycles. The molecule has 0 fully saturated rings. The zero-order chi connectivity index (χ0) is 14.7. The maximum Gasteiger partial charge on any atom is 0.191 e. The Balaban J connectivity index is 2.19. The number of rotatable bonds is 4. The lowest BCUT2D eigenvalue weighted by Gasteiger charge is -2.10. The number of halogens is 5. The molecule has 0 atom stereocenters. The average molecular weight is 305 g/mol. The SMILES string of the molecule is Fc1ccc(COc2c(F)cc(CCl)cc2F)c(F)c1. The van der Waals surface area contributed by atoms with Gasteiger partial charge in [0.25, 0.3) is 0 Å². The normalized spacial score (nSPS) is 10.7. The zero-order valence-corrected chi connectivity index (χ0v) is 10.9. The van der Waals surface area contributed by atoms with Gasteiger partial charge in [-0.1, -0.05) is 0 Å². The highest BCUT2D eigenvalue weighted by Crippen LogP contribution is 2.25. The lowest BCUT2D eigenvalue weighted by molar-refractivity contribution is 0.269. The largest absolute Gasteiger partial charge is 0.483 e. The molecular formula is C14H9ClF4O. The van der Waals surface area contributed by atoms with Crippen molar-refractivity contribution in [2.24, 2.45) is 0 Å². The van der Waals surface area contributed by atoms with Crippen LogP contribution in [-0.4, -0.2) is 0 Å². The summed E-state index contributed by atoms with van der Waals surface area (Å²) in [5, 5.41) is 0. The summed E-state index contributed by atoms with van der Waals surface area (Å²) in [5.41, 5.74) is 0.258. The molecule has 0 spiro atoms. The minimum absolute atomic E-state index is 0.00776. The van der Waals surface area contributed by atoms with E-state index in [-0.39, 0.29) is 17.0 Å². The highest BCUT2D eigenvalue weighted by molar-refractivity contribution is 6.17. The first-order valence-electron chi connectivity index (χ1n) is 5.62. The monoisotopic (exact) mass is 304 g/mol. The summed E-state index contributed by atoms with van der Waals surface area (Å²) in [4.78, 5) is 0. The molecule has 0 heterocycles. The van der Waals surface area contributed by atoms with Crippen molar-refractivity contribution in [3.63, 3.8) is 0 Å². The van der Waals surface area contributed by atoms with Gasteiger partial charge in [-0.3, -0.25) is 0 Å². The third-order valence-corrected chi connectivity index (χ3v) is 2.91. The number of hydrogen-bond donors (Lipinski definition) is 0. The zero-order valence-electron chi connectivity index (χ0n) is 10.1. The molecule has 0 amide bonds. The van der Waals surface area contributed by atoms with Gasteiger partial charge in [0.1, 0.15) is 18.2 Å². The Bertz CT molecular complexity index is 608. The molecule has 0 aliphatic carbocycles. The van der Waals surface area contributed by atoms with E-state index in [1.807, 2.05) is 0 Å². The van der Waals surface area contributed by atoms with Crippen molar-refractivity contribution < 1.29 is 22.3 Å². The summed E-state index contributed by atoms with van der Waals surface area (Å²) < 4.78 is 58.2. The second kappa shape index (κ2) is 6.13. The number of alkyl halides is 1. The van der Waals surface area contributed by atoms with E-state index in [4.69, 9.17) is 16.3 Å². The molecule has 0 radical (unpaired) electrons. The summed E-state index contributed by atoms with van der Waals surface area (Å²) in [6, 6.07) is 4.92. The van der Waals surface area contributed by atoms with Crippen LogP contribution in [-0.2, 0) is 12.5 Å². The lowest BCUT2D eigenvalue weighted by Crippen LogP contribution is -2.03. The first kappa shape index (κ1) is 14.7. The molecule has 2 rings (SSSR count). The Morgan fingerprint density at radius 1 is 0.900 bits per heavy atom. The van der Waals surface area contributed by atoms with Gasteiger partial charge in [-0.15, -0.1) is 11.6 Å². The van der Waals surface area contributed by atoms with E-state index in [1.165, 1.54) is 0 Å². The van der Waals surface area contributed by atoms with Crippen LogP contribution >= 0.6 is 11.6 Å². The van der Waals surface area contributed by atoms with Crippen molar-refractivity contribution in [2.45, 2.75) is 12.5 Å². The average Bonchev–Trinajstić information content (AvgIpc) is 2.39. The summed E-state index contributed by atoms with van der Waals surface area (Å²) >= 11 is 5.47. The second-order valence-corrected chi connectivity index (χ2v) is 4.31. The van der Waals surface area contributed by atoms with Crippen LogP contribution in [0.3, 0.4) is 0 Å². The highest BCUT2D eigenvalue weighted by Gasteiger charge is 2.14. The molecule has 20 heavy (non-hydrogen) atoms. The van der Waals surface area contributed by atoms with Crippen LogP contribution in [0, 0.1) is 23.3 Å². The first-order chi connectivity index (χ1) is 9.51. The van der Waals surface area contributed by atoms with Crippen LogP contribution in [0.4, 0.5) is 17.6 Å². The van der Waals surface area contributed by atoms with Crippen LogP contribution < -0.4 is 4.74 Å². The maximum atomic E-state index is 13.6. The van der Waals surface area contributed by atoms with E-state index in [0.717, 1.165) is 24.3 Å². The van der Waals surface area contributed by atoms with Gasteiger partial charge in [0.05, 0.1) is 0 Å². The molecule has 0 saturated carbocycles. The van der Waals surface area contributed by atoms with Gasteiger partial charge in [-0.2, -0.15) is 0 Å². The van der Waals surface area contributed by atoms with Crippen LogP contribution in [0.5, 0.6) is 5.75 Å². The van der Waals surface area contributed by atoms with Crippen LogP contribution in [0.15, 0.2) is 30.3 Å². The predicted octanol–water partition coefficient (Wildman–Crippen LogP) is 4.56. The van der Waals surface area contributed by atoms with E-state index in [2.05, 4.69) is 0 Å². The van der Waals surface area contributed by atoms with Gasteiger partial charge in [0.2, 0.25) is 0 Å². The van der Waals surface area contributed by atoms with Gasteiger partial charge in [0, 0.05) is 17.5 Å². The minimum Gasteiger partial charge on any atom is -0.483 e. The number of hydrogen-bond acceptors (Lipinski definition) is 1. The molecule has 0 unspecified atom stereocenters. The first-order valence-corrected chi connectivity index (χ1v) is 6.15. The van der Waals surface area contributed by atoms with Crippen molar-refractivity contribution in [3.05, 3.63) is 64.7 Å². The molecule has 0 N–H and O–H groups in total. The van der Waals surface area contributed by atoms with Gasteiger partial charge in [-0.05, 0) is 29.8 Å². The second-order valence-electron chi connectivity index (χ2n) is 4.05. The van der Waals surface area contributed by atoms with Crippen molar-refractivity contribution in [2.75, 3.05) is 0 Å². The van der Waals surface area contributed by atoms with Gasteiger partial charge >= 0.3 is 0 Å². The summed E-state index contributed by atoms with van der Waals surface area (Å²) in [7, 11) is 0. The Morgan fingerprint density at radius 3 is 2.10 bits per heavy atom. The minimum atomic E-state index is -0.928. The maximum absolute atomic E-state index is 13.6. The standard InChI is InChI=1S/C14H9ClF4O/c15-6-8-3-12(18)14(13(19)4-8)20-7-9-1-2-10(16)5-11(9)17/h1-5H,6-7H2. The molecule has 106 valence electrons. The molecule has 2 aromatic rings. The molecule has 1 nitrogen and oxygen atoms in total. The summed E-state index contributed by atoms with van der Waals surface area (Å²) in [5.74, 6) is -4.10. The fraction of sp³-hybridized carbons (Fsp3) is 0.143. The Kier molecular flexibility index (Phi) is 4.49. The van der Waals surface area contributed by atoms with Crippen LogP contribution in [0.25, 0.3) is 0 Å². The van der Waals surface area contributed by atoms with Gasteiger partial charge in [0.15, 0.2) is 17.4 Å². The molecule has 0 bridgehead atoms. The Labute approximate surface area is 117 Å². The summed E-state index contributed by atoms with van der Waals surface area (Å²) in [6.07, 6.45) is 0. The van der Waals surface area contributed by atoms with Crippen molar-refractivity contribution in [1.29, 1.82) is 0 Å². The Morgan fingerprint density at radius 2 is 1.55 bits per heavy atom. The van der Waals surface area contributed by atoms with Crippen LogP contribution in [0.1, 0.15) is 11.1 Å². The Hall–Kier alpha value is -1.75. The smallest absolute Gasteiger partial charge is 0.191 e. The molecule has 2 aromatic carbocycles. The molecular weight excluding hydrogens is 296 g/mol. The third kappa shape index (κ3) is 3.22. The van der Waals surface area contributed by atoms with Crippen molar-refractivity contribution >= 4 is 11.6 Å². The third-order valence-electron chi connectivity index (χ3n) is 2.60. The van der Waals surface area contributed by atoms with E-state index < -0.39 is 35.6 Å². The predicted molar refractivity (Wildman–Crippen MR) is 66.6 cm³/mol. The van der Waals surface area contributed by atoms with E-state index in [9.17, 15) is 17.6 Å². The van der Waals surface area contributed by atoms with Gasteiger partial charge < -0.3 is 4.74 Å². The number of ether oxygens (including phenoxy) is 1.